The van der Waals surface area contributed by atoms with Crippen LogP contribution < -0.4 is 10.6 Å². The molecule has 1 amide bonds. The van der Waals surface area contributed by atoms with Crippen LogP contribution in [0, 0.1) is 0 Å². The van der Waals surface area contributed by atoms with E-state index in [4.69, 9.17) is 0 Å². The van der Waals surface area contributed by atoms with Gasteiger partial charge in [0.15, 0.2) is 0 Å². The predicted octanol–water partition coefficient (Wildman–Crippen LogP) is 4.01. The summed E-state index contributed by atoms with van der Waals surface area (Å²) in [5.41, 5.74) is 3.09. The number of halogens is 1. The van der Waals surface area contributed by atoms with Gasteiger partial charge in [0.25, 0.3) is 0 Å². The number of alkyl halides is 1. The summed E-state index contributed by atoms with van der Waals surface area (Å²) in [5.74, 6) is 0.321. The maximum atomic E-state index is 12.5. The summed E-state index contributed by atoms with van der Waals surface area (Å²) in [5, 5.41) is 6.72. The van der Waals surface area contributed by atoms with E-state index in [0.717, 1.165) is 22.2 Å². The van der Waals surface area contributed by atoms with E-state index in [-0.39, 0.29) is 5.91 Å². The quantitative estimate of drug-likeness (QED) is 0.668. The van der Waals surface area contributed by atoms with Crippen molar-refractivity contribution >= 4 is 34.0 Å². The predicted molar refractivity (Wildman–Crippen MR) is 97.8 cm³/mol. The second kappa shape index (κ2) is 7.53. The fourth-order valence-corrected chi connectivity index (χ4v) is 2.48. The van der Waals surface area contributed by atoms with Crippen LogP contribution in [-0.2, 0) is 11.2 Å². The van der Waals surface area contributed by atoms with E-state index >= 15 is 0 Å². The van der Waals surface area contributed by atoms with Gasteiger partial charge < -0.3 is 10.6 Å². The standard InChI is InChI=1S/C19H17FN4O/c1-2-18(25)23-15-6-7-17-16(11-15)19(22-12-21-17)24-14-5-3-4-13(10-14)8-9-20/h2-7,10-12H,1,8-9H2,(H,23,25)(H,21,22,24)/i20-1. The van der Waals surface area contributed by atoms with Crippen LogP contribution in [-0.4, -0.2) is 22.5 Å². The summed E-state index contributed by atoms with van der Waals surface area (Å²) < 4.78 is 12.5. The normalized spacial score (nSPS) is 10.4. The monoisotopic (exact) mass is 335 g/mol. The molecule has 0 saturated carbocycles. The van der Waals surface area contributed by atoms with Crippen LogP contribution in [0.25, 0.3) is 10.9 Å². The van der Waals surface area contributed by atoms with E-state index in [1.807, 2.05) is 24.3 Å². The number of nitrogens with zero attached hydrogens (tertiary/aromatic N) is 2. The Hall–Kier alpha value is -3.28. The van der Waals surface area contributed by atoms with Gasteiger partial charge in [0, 0.05) is 23.2 Å². The smallest absolute Gasteiger partial charge is 0.247 e. The van der Waals surface area contributed by atoms with Crippen molar-refractivity contribution in [3.8, 4) is 0 Å². The van der Waals surface area contributed by atoms with Gasteiger partial charge >= 0.3 is 0 Å². The fourth-order valence-electron chi connectivity index (χ4n) is 2.48. The van der Waals surface area contributed by atoms with E-state index < -0.39 is 6.67 Å². The minimum absolute atomic E-state index is 0.287. The molecule has 0 atom stereocenters. The number of hydrogen-bond acceptors (Lipinski definition) is 4. The second-order valence-electron chi connectivity index (χ2n) is 5.41. The van der Waals surface area contributed by atoms with Crippen LogP contribution in [0.2, 0.25) is 0 Å². The number of aryl methyl sites for hydroxylation is 1. The van der Waals surface area contributed by atoms with Crippen molar-refractivity contribution in [2.75, 3.05) is 17.3 Å². The minimum Gasteiger partial charge on any atom is -0.340 e. The van der Waals surface area contributed by atoms with Crippen molar-refractivity contribution in [1.29, 1.82) is 0 Å². The molecule has 0 saturated heterocycles. The SMILES string of the molecule is C=CC(=O)Nc1ccc2ncnc(Nc3cccc(CC[18F])c3)c2c1. The molecule has 0 aliphatic carbocycles. The summed E-state index contributed by atoms with van der Waals surface area (Å²) in [4.78, 5) is 20.0. The van der Waals surface area contributed by atoms with Crippen LogP contribution in [0.15, 0.2) is 61.4 Å². The van der Waals surface area contributed by atoms with Gasteiger partial charge in [-0.25, -0.2) is 9.97 Å². The Bertz CT molecular complexity index is 926. The number of nitrogens with one attached hydrogen (secondary N) is 2. The molecule has 5 nitrogen and oxygen atoms in total. The number of anilines is 3. The zero-order valence-electron chi connectivity index (χ0n) is 13.5. The van der Waals surface area contributed by atoms with E-state index in [9.17, 15) is 9.18 Å². The van der Waals surface area contributed by atoms with Crippen LogP contribution in [0.3, 0.4) is 0 Å². The van der Waals surface area contributed by atoms with Crippen molar-refractivity contribution in [3.05, 3.63) is 67.0 Å². The number of benzene rings is 2. The Morgan fingerprint density at radius 1 is 1.16 bits per heavy atom. The van der Waals surface area contributed by atoms with Gasteiger partial charge in [0.05, 0.1) is 12.2 Å². The molecule has 0 fully saturated rings. The lowest BCUT2D eigenvalue weighted by Gasteiger charge is -2.11. The molecular formula is C19H17FN4O. The molecule has 0 unspecified atom stereocenters. The van der Waals surface area contributed by atoms with E-state index in [1.165, 1.54) is 12.4 Å². The van der Waals surface area contributed by atoms with Crippen LogP contribution in [0.4, 0.5) is 21.6 Å². The van der Waals surface area contributed by atoms with Crippen molar-refractivity contribution in [1.82, 2.24) is 9.97 Å². The molecule has 0 bridgehead atoms. The number of fused-ring (bicyclic) bond motifs is 1. The molecule has 3 rings (SSSR count). The van der Waals surface area contributed by atoms with E-state index in [2.05, 4.69) is 27.2 Å². The van der Waals surface area contributed by atoms with Gasteiger partial charge in [-0.1, -0.05) is 18.7 Å². The second-order valence-corrected chi connectivity index (χ2v) is 5.41. The van der Waals surface area contributed by atoms with E-state index in [0.29, 0.717) is 17.9 Å². The zero-order valence-corrected chi connectivity index (χ0v) is 13.5. The van der Waals surface area contributed by atoms with Crippen molar-refractivity contribution in [3.63, 3.8) is 0 Å². The lowest BCUT2D eigenvalue weighted by molar-refractivity contribution is -0.111. The Balaban J connectivity index is 1.95. The molecule has 0 radical (unpaired) electrons. The first-order valence-electron chi connectivity index (χ1n) is 7.79. The Morgan fingerprint density at radius 3 is 2.84 bits per heavy atom. The molecule has 2 N–H and O–H groups in total. The molecule has 126 valence electrons. The molecular weight excluding hydrogens is 318 g/mol. The Morgan fingerprint density at radius 2 is 2.04 bits per heavy atom. The third-order valence-electron chi connectivity index (χ3n) is 3.66. The van der Waals surface area contributed by atoms with Gasteiger partial charge in [0.2, 0.25) is 5.91 Å². The highest BCUT2D eigenvalue weighted by Gasteiger charge is 2.07. The van der Waals surface area contributed by atoms with Crippen LogP contribution >= 0.6 is 0 Å². The van der Waals surface area contributed by atoms with Crippen molar-refractivity contribution < 1.29 is 9.18 Å². The number of aromatic nitrogens is 2. The number of rotatable bonds is 6. The van der Waals surface area contributed by atoms with Crippen molar-refractivity contribution in [2.45, 2.75) is 6.42 Å². The van der Waals surface area contributed by atoms with Gasteiger partial charge in [0.1, 0.15) is 12.1 Å². The molecule has 3 aromatic rings. The Kier molecular flexibility index (Phi) is 4.99. The first kappa shape index (κ1) is 16.6. The molecule has 0 spiro atoms. The largest absolute Gasteiger partial charge is 0.340 e. The topological polar surface area (TPSA) is 66.9 Å². The molecule has 1 heterocycles. The first-order valence-corrected chi connectivity index (χ1v) is 7.79. The lowest BCUT2D eigenvalue weighted by atomic mass is 10.1. The van der Waals surface area contributed by atoms with E-state index in [1.54, 1.807) is 18.2 Å². The van der Waals surface area contributed by atoms with Gasteiger partial charge in [-0.05, 0) is 42.0 Å². The molecule has 25 heavy (non-hydrogen) atoms. The molecule has 0 aliphatic heterocycles. The lowest BCUT2D eigenvalue weighted by Crippen LogP contribution is -2.07. The zero-order chi connectivity index (χ0) is 17.6. The maximum absolute atomic E-state index is 12.5. The number of carbonyl (C=O) groups excluding carboxylic acids is 1. The van der Waals surface area contributed by atoms with Gasteiger partial charge in [-0.2, -0.15) is 0 Å². The third-order valence-corrected chi connectivity index (χ3v) is 3.66. The average Bonchev–Trinajstić information content (AvgIpc) is 2.63. The summed E-state index contributed by atoms with van der Waals surface area (Å²) in [6, 6.07) is 12.9. The fraction of sp³-hybridized carbons (Fsp3) is 0.105. The third kappa shape index (κ3) is 3.98. The summed E-state index contributed by atoms with van der Waals surface area (Å²) in [6.45, 7) is 3.04. The highest BCUT2D eigenvalue weighted by atomic mass is 18.2. The Labute approximate surface area is 144 Å². The highest BCUT2D eigenvalue weighted by Crippen LogP contribution is 2.26. The number of amides is 1. The minimum atomic E-state index is -0.397. The molecule has 6 heteroatoms. The highest BCUT2D eigenvalue weighted by molar-refractivity contribution is 6.01. The number of hydrogen-bond donors (Lipinski definition) is 2. The summed E-state index contributed by atoms with van der Waals surface area (Å²) in [6.07, 6.45) is 3.05. The van der Waals surface area contributed by atoms with Crippen molar-refractivity contribution in [2.24, 2.45) is 0 Å². The molecule has 2 aromatic carbocycles. The van der Waals surface area contributed by atoms with Gasteiger partial charge in [-0.3, -0.25) is 9.18 Å². The molecule has 1 aromatic heterocycles. The molecule has 0 aliphatic rings. The first-order chi connectivity index (χ1) is 12.2. The van der Waals surface area contributed by atoms with Crippen LogP contribution in [0.1, 0.15) is 5.56 Å². The maximum Gasteiger partial charge on any atom is 0.247 e. The van der Waals surface area contributed by atoms with Gasteiger partial charge in [-0.15, -0.1) is 0 Å². The van der Waals surface area contributed by atoms with Crippen LogP contribution in [0.5, 0.6) is 0 Å². The summed E-state index contributed by atoms with van der Waals surface area (Å²) >= 11 is 0. The number of carbonyl (C=O) groups is 1. The average molecular weight is 335 g/mol. The summed E-state index contributed by atoms with van der Waals surface area (Å²) in [7, 11) is 0.